The molecule has 0 atom stereocenters. The molecule has 5 heteroatoms. The third-order valence-electron chi connectivity index (χ3n) is 2.73. The van der Waals surface area contributed by atoms with E-state index in [1.54, 1.807) is 24.3 Å². The molecule has 0 saturated heterocycles. The molecule has 1 aliphatic rings. The minimum atomic E-state index is -0.471. The van der Waals surface area contributed by atoms with E-state index in [0.717, 1.165) is 4.90 Å². The molecule has 2 aromatic rings. The van der Waals surface area contributed by atoms with Crippen LogP contribution >= 0.6 is 0 Å². The molecule has 0 spiro atoms. The fourth-order valence-electron chi connectivity index (χ4n) is 1.93. The molecule has 18 heavy (non-hydrogen) atoms. The highest BCUT2D eigenvalue weighted by atomic mass is 16.3. The molecule has 1 N–H and O–H groups in total. The summed E-state index contributed by atoms with van der Waals surface area (Å²) in [6.45, 7) is 0. The third-order valence-corrected chi connectivity index (χ3v) is 2.73. The van der Waals surface area contributed by atoms with Gasteiger partial charge >= 0.3 is 0 Å². The van der Waals surface area contributed by atoms with Crippen molar-refractivity contribution in [3.05, 3.63) is 53.9 Å². The maximum atomic E-state index is 12.1. The lowest BCUT2D eigenvalue weighted by Gasteiger charge is -2.13. The molecular formula is C13H8N2O3. The summed E-state index contributed by atoms with van der Waals surface area (Å²) in [7, 11) is 0. The number of aromatic nitrogens is 1. The predicted molar refractivity (Wildman–Crippen MR) is 63.5 cm³/mol. The van der Waals surface area contributed by atoms with Crippen LogP contribution in [0.5, 0.6) is 5.75 Å². The number of phenols is 1. The van der Waals surface area contributed by atoms with E-state index in [2.05, 4.69) is 4.98 Å². The lowest BCUT2D eigenvalue weighted by atomic mass is 10.2. The number of fused-ring (bicyclic) bond motifs is 1. The van der Waals surface area contributed by atoms with E-state index in [9.17, 15) is 14.7 Å². The lowest BCUT2D eigenvalue weighted by Crippen LogP contribution is -2.29. The molecule has 88 valence electrons. The molecule has 0 unspecified atom stereocenters. The maximum absolute atomic E-state index is 12.1. The van der Waals surface area contributed by atoms with Crippen LogP contribution in [0.25, 0.3) is 0 Å². The highest BCUT2D eigenvalue weighted by molar-refractivity contribution is 6.33. The Balaban J connectivity index is 2.12. The Hall–Kier alpha value is -2.69. The summed E-state index contributed by atoms with van der Waals surface area (Å²) in [5.41, 5.74) is 0.764. The monoisotopic (exact) mass is 240 g/mol. The first-order chi connectivity index (χ1) is 8.68. The average Bonchev–Trinajstić information content (AvgIpc) is 2.63. The smallest absolute Gasteiger partial charge is 0.284 e. The molecule has 2 amide bonds. The van der Waals surface area contributed by atoms with Gasteiger partial charge in [0.1, 0.15) is 11.4 Å². The highest BCUT2D eigenvalue weighted by Crippen LogP contribution is 2.28. The second-order valence-corrected chi connectivity index (χ2v) is 3.87. The van der Waals surface area contributed by atoms with E-state index in [4.69, 9.17) is 0 Å². The Bertz CT molecular complexity index is 632. The summed E-state index contributed by atoms with van der Waals surface area (Å²) < 4.78 is 0. The molecular weight excluding hydrogens is 232 g/mol. The zero-order valence-corrected chi connectivity index (χ0v) is 9.20. The first-order valence-electron chi connectivity index (χ1n) is 5.31. The molecule has 1 aromatic carbocycles. The van der Waals surface area contributed by atoms with Crippen molar-refractivity contribution in [3.63, 3.8) is 0 Å². The van der Waals surface area contributed by atoms with Gasteiger partial charge in [-0.05, 0) is 24.3 Å². The Kier molecular flexibility index (Phi) is 2.13. The molecule has 0 aliphatic carbocycles. The fraction of sp³-hybridized carbons (Fsp3) is 0. The van der Waals surface area contributed by atoms with Gasteiger partial charge in [0.15, 0.2) is 0 Å². The summed E-state index contributed by atoms with van der Waals surface area (Å²) in [4.78, 5) is 29.1. The summed E-state index contributed by atoms with van der Waals surface area (Å²) in [6.07, 6.45) is 1.47. The zero-order valence-electron chi connectivity index (χ0n) is 9.20. The second kappa shape index (κ2) is 3.66. The highest BCUT2D eigenvalue weighted by Gasteiger charge is 2.37. The average molecular weight is 240 g/mol. The number of nitrogens with zero attached hydrogens (tertiary/aromatic N) is 2. The number of carbonyl (C=O) groups excluding carboxylic acids is 2. The standard InChI is InChI=1S/C13H8N2O3/c16-9-4-1-3-8(7-9)15-12(17)10-5-2-6-14-11(10)13(15)18/h1-7,16H. The van der Waals surface area contributed by atoms with Gasteiger partial charge in [-0.3, -0.25) is 14.6 Å². The number of anilines is 1. The van der Waals surface area contributed by atoms with Crippen molar-refractivity contribution < 1.29 is 14.7 Å². The van der Waals surface area contributed by atoms with Crippen molar-refractivity contribution >= 4 is 17.5 Å². The largest absolute Gasteiger partial charge is 0.508 e. The topological polar surface area (TPSA) is 70.5 Å². The first kappa shape index (κ1) is 10.5. The van der Waals surface area contributed by atoms with Gasteiger partial charge in [0.05, 0.1) is 11.3 Å². The fourth-order valence-corrected chi connectivity index (χ4v) is 1.93. The quantitative estimate of drug-likeness (QED) is 0.768. The minimum Gasteiger partial charge on any atom is -0.508 e. The molecule has 0 bridgehead atoms. The van der Waals surface area contributed by atoms with Crippen LogP contribution in [-0.2, 0) is 0 Å². The predicted octanol–water partition coefficient (Wildman–Crippen LogP) is 1.59. The van der Waals surface area contributed by atoms with Crippen LogP contribution in [-0.4, -0.2) is 21.9 Å². The van der Waals surface area contributed by atoms with Gasteiger partial charge in [-0.25, -0.2) is 4.90 Å². The molecule has 3 rings (SSSR count). The van der Waals surface area contributed by atoms with Gasteiger partial charge in [0, 0.05) is 12.3 Å². The van der Waals surface area contributed by atoms with Crippen LogP contribution < -0.4 is 4.90 Å². The zero-order chi connectivity index (χ0) is 12.7. The number of carbonyl (C=O) groups is 2. The van der Waals surface area contributed by atoms with Gasteiger partial charge < -0.3 is 5.11 Å². The molecule has 0 radical (unpaired) electrons. The van der Waals surface area contributed by atoms with Crippen molar-refractivity contribution in [1.29, 1.82) is 0 Å². The molecule has 5 nitrogen and oxygen atoms in total. The van der Waals surface area contributed by atoms with Crippen LogP contribution in [0, 0.1) is 0 Å². The Morgan fingerprint density at radius 3 is 2.61 bits per heavy atom. The van der Waals surface area contributed by atoms with Gasteiger partial charge in [0.2, 0.25) is 0 Å². The van der Waals surface area contributed by atoms with E-state index in [-0.39, 0.29) is 17.0 Å². The van der Waals surface area contributed by atoms with Crippen LogP contribution in [0.1, 0.15) is 20.8 Å². The van der Waals surface area contributed by atoms with E-state index < -0.39 is 11.8 Å². The summed E-state index contributed by atoms with van der Waals surface area (Å²) in [5.74, 6) is -0.896. The minimum absolute atomic E-state index is 0.00276. The van der Waals surface area contributed by atoms with Gasteiger partial charge in [-0.15, -0.1) is 0 Å². The molecule has 0 fully saturated rings. The van der Waals surface area contributed by atoms with E-state index in [1.807, 2.05) is 0 Å². The molecule has 1 aromatic heterocycles. The summed E-state index contributed by atoms with van der Waals surface area (Å²) in [6, 6.07) is 9.16. The Morgan fingerprint density at radius 2 is 1.89 bits per heavy atom. The molecule has 0 saturated carbocycles. The number of hydrogen-bond acceptors (Lipinski definition) is 4. The van der Waals surface area contributed by atoms with E-state index in [0.29, 0.717) is 5.69 Å². The van der Waals surface area contributed by atoms with Crippen molar-refractivity contribution in [2.24, 2.45) is 0 Å². The van der Waals surface area contributed by atoms with Crippen LogP contribution in [0.4, 0.5) is 5.69 Å². The van der Waals surface area contributed by atoms with Crippen molar-refractivity contribution in [3.8, 4) is 5.75 Å². The number of amides is 2. The van der Waals surface area contributed by atoms with Gasteiger partial charge in [-0.2, -0.15) is 0 Å². The van der Waals surface area contributed by atoms with Gasteiger partial charge in [0.25, 0.3) is 11.8 Å². The first-order valence-corrected chi connectivity index (χ1v) is 5.31. The third kappa shape index (κ3) is 1.37. The van der Waals surface area contributed by atoms with E-state index in [1.165, 1.54) is 18.3 Å². The normalized spacial score (nSPS) is 13.9. The number of hydrogen-bond donors (Lipinski definition) is 1. The SMILES string of the molecule is O=C1c2cccnc2C(=O)N1c1cccc(O)c1. The van der Waals surface area contributed by atoms with Crippen LogP contribution in [0.2, 0.25) is 0 Å². The number of pyridine rings is 1. The van der Waals surface area contributed by atoms with Crippen molar-refractivity contribution in [2.45, 2.75) is 0 Å². The number of rotatable bonds is 1. The maximum Gasteiger partial charge on any atom is 0.284 e. The summed E-state index contributed by atoms with van der Waals surface area (Å²) >= 11 is 0. The Morgan fingerprint density at radius 1 is 1.06 bits per heavy atom. The van der Waals surface area contributed by atoms with Gasteiger partial charge in [-0.1, -0.05) is 6.07 Å². The van der Waals surface area contributed by atoms with Crippen molar-refractivity contribution in [1.82, 2.24) is 4.98 Å². The summed E-state index contributed by atoms with van der Waals surface area (Å²) in [5, 5.41) is 9.40. The molecule has 1 aliphatic heterocycles. The van der Waals surface area contributed by atoms with Crippen LogP contribution in [0.15, 0.2) is 42.6 Å². The van der Waals surface area contributed by atoms with Crippen molar-refractivity contribution in [2.75, 3.05) is 4.90 Å². The second-order valence-electron chi connectivity index (χ2n) is 3.87. The molecule has 2 heterocycles. The number of imide groups is 1. The van der Waals surface area contributed by atoms with Crippen LogP contribution in [0.3, 0.4) is 0 Å². The lowest BCUT2D eigenvalue weighted by molar-refractivity contribution is 0.0925. The number of phenolic OH excluding ortho intramolecular Hbond substituents is 1. The Labute approximate surface area is 102 Å². The number of aromatic hydroxyl groups is 1. The van der Waals surface area contributed by atoms with E-state index >= 15 is 0 Å². The number of benzene rings is 1.